The van der Waals surface area contributed by atoms with Crippen LogP contribution in [0.2, 0.25) is 0 Å². The first-order valence-corrected chi connectivity index (χ1v) is 7.34. The van der Waals surface area contributed by atoms with Crippen LogP contribution < -0.4 is 0 Å². The molecule has 1 aromatic carbocycles. The van der Waals surface area contributed by atoms with Crippen LogP contribution in [0.4, 0.5) is 5.69 Å². The van der Waals surface area contributed by atoms with Crippen LogP contribution >= 0.6 is 0 Å². The van der Waals surface area contributed by atoms with E-state index in [0.29, 0.717) is 17.7 Å². The Morgan fingerprint density at radius 2 is 1.78 bits per heavy atom. The Hall–Kier alpha value is -2.44. The zero-order chi connectivity index (χ0) is 17.4. The lowest BCUT2D eigenvalue weighted by Gasteiger charge is -2.08. The summed E-state index contributed by atoms with van der Waals surface area (Å²) in [7, 11) is 0. The van der Waals surface area contributed by atoms with E-state index in [-0.39, 0.29) is 31.1 Å². The molecule has 0 saturated carbocycles. The number of esters is 2. The van der Waals surface area contributed by atoms with E-state index in [2.05, 4.69) is 0 Å². The number of ether oxygens (including phenoxy) is 2. The van der Waals surface area contributed by atoms with Crippen molar-refractivity contribution in [2.75, 3.05) is 6.61 Å². The van der Waals surface area contributed by atoms with Gasteiger partial charge in [-0.25, -0.2) is 0 Å². The second kappa shape index (κ2) is 8.87. The fourth-order valence-electron chi connectivity index (χ4n) is 1.71. The van der Waals surface area contributed by atoms with Crippen molar-refractivity contribution in [1.29, 1.82) is 0 Å². The highest BCUT2D eigenvalue weighted by Gasteiger charge is 2.13. The van der Waals surface area contributed by atoms with E-state index in [0.717, 1.165) is 0 Å². The van der Waals surface area contributed by atoms with Crippen molar-refractivity contribution in [2.24, 2.45) is 5.92 Å². The highest BCUT2D eigenvalue weighted by molar-refractivity contribution is 5.77. The Kier molecular flexibility index (Phi) is 7.18. The number of nitrogens with zero attached hydrogens (tertiary/aromatic N) is 1. The summed E-state index contributed by atoms with van der Waals surface area (Å²) in [6, 6.07) is 4.64. The molecule has 0 aromatic heterocycles. The molecule has 7 nitrogen and oxygen atoms in total. The average Bonchev–Trinajstić information content (AvgIpc) is 2.49. The monoisotopic (exact) mass is 323 g/mol. The van der Waals surface area contributed by atoms with Crippen molar-refractivity contribution in [3.8, 4) is 0 Å². The smallest absolute Gasteiger partial charge is 0.306 e. The van der Waals surface area contributed by atoms with Crippen LogP contribution in [-0.4, -0.2) is 23.5 Å². The highest BCUT2D eigenvalue weighted by atomic mass is 16.6. The summed E-state index contributed by atoms with van der Waals surface area (Å²) in [6.45, 7) is 5.73. The lowest BCUT2D eigenvalue weighted by atomic mass is 10.1. The molecule has 1 aromatic rings. The number of benzene rings is 1. The van der Waals surface area contributed by atoms with Gasteiger partial charge in [0.15, 0.2) is 0 Å². The maximum Gasteiger partial charge on any atom is 0.306 e. The van der Waals surface area contributed by atoms with Crippen molar-refractivity contribution in [3.05, 3.63) is 39.4 Å². The predicted molar refractivity (Wildman–Crippen MR) is 82.7 cm³/mol. The van der Waals surface area contributed by atoms with Gasteiger partial charge in [0.05, 0.1) is 24.4 Å². The van der Waals surface area contributed by atoms with Crippen molar-refractivity contribution >= 4 is 17.6 Å². The van der Waals surface area contributed by atoms with E-state index in [1.807, 2.05) is 13.8 Å². The lowest BCUT2D eigenvalue weighted by Crippen LogP contribution is -2.13. The minimum absolute atomic E-state index is 0.0178. The van der Waals surface area contributed by atoms with Crippen molar-refractivity contribution in [2.45, 2.75) is 40.2 Å². The highest BCUT2D eigenvalue weighted by Crippen LogP contribution is 2.19. The van der Waals surface area contributed by atoms with Crippen LogP contribution in [0.5, 0.6) is 0 Å². The summed E-state index contributed by atoms with van der Waals surface area (Å²) < 4.78 is 9.96. The van der Waals surface area contributed by atoms with Crippen LogP contribution in [0, 0.1) is 23.0 Å². The maximum atomic E-state index is 11.6. The zero-order valence-corrected chi connectivity index (χ0v) is 13.5. The third-order valence-corrected chi connectivity index (χ3v) is 2.98. The first-order valence-electron chi connectivity index (χ1n) is 7.34. The molecule has 7 heteroatoms. The summed E-state index contributed by atoms with van der Waals surface area (Å²) in [5, 5.41) is 10.8. The molecule has 0 atom stereocenters. The predicted octanol–water partition coefficient (Wildman–Crippen LogP) is 2.93. The van der Waals surface area contributed by atoms with E-state index in [4.69, 9.17) is 9.47 Å². The first-order chi connectivity index (χ1) is 10.8. The summed E-state index contributed by atoms with van der Waals surface area (Å²) in [4.78, 5) is 33.3. The van der Waals surface area contributed by atoms with E-state index in [1.54, 1.807) is 19.1 Å². The molecule has 0 fully saturated rings. The van der Waals surface area contributed by atoms with Gasteiger partial charge in [-0.1, -0.05) is 26.0 Å². The van der Waals surface area contributed by atoms with Crippen LogP contribution in [0.15, 0.2) is 18.2 Å². The molecule has 0 amide bonds. The standard InChI is InChI=1S/C16H21NO6/c1-11(2)9-22-15(18)6-7-16(19)23-10-13-5-4-12(3)14(8-13)17(20)21/h4-5,8,11H,6-7,9-10H2,1-3H3. The molecule has 0 N–H and O–H groups in total. The molecule has 0 aliphatic heterocycles. The topological polar surface area (TPSA) is 95.7 Å². The molecule has 0 spiro atoms. The van der Waals surface area contributed by atoms with Gasteiger partial charge >= 0.3 is 11.9 Å². The summed E-state index contributed by atoms with van der Waals surface area (Å²) in [5.41, 5.74) is 1.05. The second-order valence-corrected chi connectivity index (χ2v) is 5.62. The average molecular weight is 323 g/mol. The Bertz CT molecular complexity index is 582. The van der Waals surface area contributed by atoms with Gasteiger partial charge in [0.1, 0.15) is 6.61 Å². The fourth-order valence-corrected chi connectivity index (χ4v) is 1.71. The molecule has 126 valence electrons. The van der Waals surface area contributed by atoms with Crippen LogP contribution in [0.25, 0.3) is 0 Å². The molecule has 0 aliphatic rings. The first kappa shape index (κ1) is 18.6. The fraction of sp³-hybridized carbons (Fsp3) is 0.500. The van der Waals surface area contributed by atoms with Gasteiger partial charge < -0.3 is 9.47 Å². The number of nitro groups is 1. The molecule has 0 saturated heterocycles. The summed E-state index contributed by atoms with van der Waals surface area (Å²) in [6.07, 6.45) is -0.121. The molecule has 0 radical (unpaired) electrons. The van der Waals surface area contributed by atoms with E-state index in [1.165, 1.54) is 6.07 Å². The molecule has 0 unspecified atom stereocenters. The van der Waals surface area contributed by atoms with Crippen molar-refractivity contribution < 1.29 is 24.0 Å². The van der Waals surface area contributed by atoms with Crippen LogP contribution in [0.1, 0.15) is 37.8 Å². The van der Waals surface area contributed by atoms with Gasteiger partial charge in [-0.15, -0.1) is 0 Å². The number of carbonyl (C=O) groups excluding carboxylic acids is 2. The third-order valence-electron chi connectivity index (χ3n) is 2.98. The molecule has 0 bridgehead atoms. The second-order valence-electron chi connectivity index (χ2n) is 5.62. The zero-order valence-electron chi connectivity index (χ0n) is 13.5. The molecular formula is C16H21NO6. The van der Waals surface area contributed by atoms with Gasteiger partial charge in [-0.05, 0) is 18.4 Å². The minimum atomic E-state index is -0.547. The van der Waals surface area contributed by atoms with Crippen molar-refractivity contribution in [3.63, 3.8) is 0 Å². The summed E-state index contributed by atoms with van der Waals surface area (Å²) >= 11 is 0. The van der Waals surface area contributed by atoms with E-state index in [9.17, 15) is 19.7 Å². The Labute approximate surface area is 134 Å². The maximum absolute atomic E-state index is 11.6. The number of nitro benzene ring substituents is 1. The quantitative estimate of drug-likeness (QED) is 0.414. The summed E-state index contributed by atoms with van der Waals surface area (Å²) in [5.74, 6) is -0.750. The number of aryl methyl sites for hydroxylation is 1. The van der Waals surface area contributed by atoms with Gasteiger partial charge in [0.25, 0.3) is 5.69 Å². The molecule has 0 aliphatic carbocycles. The normalized spacial score (nSPS) is 10.4. The van der Waals surface area contributed by atoms with Crippen LogP contribution in [0.3, 0.4) is 0 Å². The van der Waals surface area contributed by atoms with Crippen LogP contribution in [-0.2, 0) is 25.7 Å². The van der Waals surface area contributed by atoms with E-state index < -0.39 is 16.9 Å². The number of rotatable bonds is 8. The van der Waals surface area contributed by atoms with Crippen molar-refractivity contribution in [1.82, 2.24) is 0 Å². The van der Waals surface area contributed by atoms with E-state index >= 15 is 0 Å². The Morgan fingerprint density at radius 1 is 1.17 bits per heavy atom. The number of hydrogen-bond donors (Lipinski definition) is 0. The molecule has 1 rings (SSSR count). The SMILES string of the molecule is Cc1ccc(COC(=O)CCC(=O)OCC(C)C)cc1[N+](=O)[O-]. The number of carbonyl (C=O) groups is 2. The Morgan fingerprint density at radius 3 is 2.35 bits per heavy atom. The molecule has 23 heavy (non-hydrogen) atoms. The largest absolute Gasteiger partial charge is 0.465 e. The number of hydrogen-bond acceptors (Lipinski definition) is 6. The lowest BCUT2D eigenvalue weighted by molar-refractivity contribution is -0.385. The molecular weight excluding hydrogens is 302 g/mol. The third kappa shape index (κ3) is 6.90. The van der Waals surface area contributed by atoms with Gasteiger partial charge in [0.2, 0.25) is 0 Å². The Balaban J connectivity index is 2.40. The molecule has 0 heterocycles. The minimum Gasteiger partial charge on any atom is -0.465 e. The van der Waals surface area contributed by atoms with Gasteiger partial charge in [0, 0.05) is 11.6 Å². The van der Waals surface area contributed by atoms with Gasteiger partial charge in [-0.3, -0.25) is 19.7 Å². The van der Waals surface area contributed by atoms with Gasteiger partial charge in [-0.2, -0.15) is 0 Å².